The molecule has 1 heterocycles. The van der Waals surface area contributed by atoms with Crippen molar-refractivity contribution in [3.63, 3.8) is 0 Å². The smallest absolute Gasteiger partial charge is 0.264 e. The third-order valence-corrected chi connectivity index (χ3v) is 5.01. The van der Waals surface area contributed by atoms with Gasteiger partial charge in [0.05, 0.1) is 19.8 Å². The van der Waals surface area contributed by atoms with E-state index in [0.29, 0.717) is 50.0 Å². The molecule has 0 spiro atoms. The predicted molar refractivity (Wildman–Crippen MR) is 124 cm³/mol. The number of ether oxygens (including phenoxy) is 3. The van der Waals surface area contributed by atoms with Gasteiger partial charge in [0.25, 0.3) is 11.8 Å². The van der Waals surface area contributed by atoms with Gasteiger partial charge in [-0.1, -0.05) is 24.3 Å². The van der Waals surface area contributed by atoms with Gasteiger partial charge in [-0.3, -0.25) is 9.59 Å². The molecule has 0 radical (unpaired) electrons. The van der Waals surface area contributed by atoms with Crippen molar-refractivity contribution in [1.82, 2.24) is 4.90 Å². The third-order valence-electron chi connectivity index (χ3n) is 5.01. The summed E-state index contributed by atoms with van der Waals surface area (Å²) in [4.78, 5) is 26.6. The van der Waals surface area contributed by atoms with Gasteiger partial charge in [-0.05, 0) is 49.2 Å². The lowest BCUT2D eigenvalue weighted by Crippen LogP contribution is -2.41. The van der Waals surface area contributed by atoms with E-state index in [2.05, 4.69) is 5.32 Å². The molecule has 8 heteroatoms. The average Bonchev–Trinajstić information content (AvgIpc) is 2.84. The SMILES string of the molecule is CCOc1cc(/C=C(/C#N)C(=O)N2CCOCC2)ccc1OCC(=O)Nc1ccccc1C. The second-order valence-electron chi connectivity index (χ2n) is 7.37. The molecule has 0 saturated carbocycles. The lowest BCUT2D eigenvalue weighted by atomic mass is 10.1. The molecule has 1 aliphatic rings. The van der Waals surface area contributed by atoms with Gasteiger partial charge in [0, 0.05) is 18.8 Å². The number of aryl methyl sites for hydroxylation is 1. The van der Waals surface area contributed by atoms with Crippen molar-refractivity contribution < 1.29 is 23.8 Å². The van der Waals surface area contributed by atoms with Gasteiger partial charge in [-0.2, -0.15) is 5.26 Å². The fourth-order valence-electron chi connectivity index (χ4n) is 3.29. The lowest BCUT2D eigenvalue weighted by Gasteiger charge is -2.26. The summed E-state index contributed by atoms with van der Waals surface area (Å²) in [6, 6.07) is 14.5. The van der Waals surface area contributed by atoms with Crippen molar-refractivity contribution in [3.05, 3.63) is 59.2 Å². The molecule has 2 aromatic carbocycles. The monoisotopic (exact) mass is 449 g/mol. The topological polar surface area (TPSA) is 101 Å². The summed E-state index contributed by atoms with van der Waals surface area (Å²) in [5.41, 5.74) is 2.33. The number of morpholine rings is 1. The predicted octanol–water partition coefficient (Wildman–Crippen LogP) is 3.18. The molecule has 33 heavy (non-hydrogen) atoms. The Hall–Kier alpha value is -3.83. The number of hydrogen-bond donors (Lipinski definition) is 1. The van der Waals surface area contributed by atoms with Crippen LogP contribution in [-0.2, 0) is 14.3 Å². The van der Waals surface area contributed by atoms with E-state index in [0.717, 1.165) is 11.3 Å². The van der Waals surface area contributed by atoms with Crippen molar-refractivity contribution in [2.75, 3.05) is 44.8 Å². The quantitative estimate of drug-likeness (QED) is 0.491. The van der Waals surface area contributed by atoms with E-state index in [1.807, 2.05) is 44.2 Å². The molecular formula is C25H27N3O5. The number of carbonyl (C=O) groups is 2. The third kappa shape index (κ3) is 6.57. The highest BCUT2D eigenvalue weighted by Gasteiger charge is 2.21. The van der Waals surface area contributed by atoms with Crippen LogP contribution < -0.4 is 14.8 Å². The van der Waals surface area contributed by atoms with E-state index in [1.165, 1.54) is 6.08 Å². The Bertz CT molecular complexity index is 1070. The second-order valence-corrected chi connectivity index (χ2v) is 7.37. The van der Waals surface area contributed by atoms with Crippen LogP contribution in [0.15, 0.2) is 48.0 Å². The van der Waals surface area contributed by atoms with Crippen LogP contribution in [0.1, 0.15) is 18.1 Å². The number of nitrogens with one attached hydrogen (secondary N) is 1. The molecule has 0 unspecified atom stereocenters. The van der Waals surface area contributed by atoms with Crippen molar-refractivity contribution in [2.24, 2.45) is 0 Å². The maximum atomic E-state index is 12.6. The minimum atomic E-state index is -0.327. The van der Waals surface area contributed by atoms with Gasteiger partial charge in [0.15, 0.2) is 18.1 Å². The van der Waals surface area contributed by atoms with E-state index in [-0.39, 0.29) is 24.0 Å². The van der Waals surface area contributed by atoms with E-state index < -0.39 is 0 Å². The molecule has 0 aliphatic carbocycles. The number of amides is 2. The Kier molecular flexibility index (Phi) is 8.44. The molecule has 2 amide bonds. The summed E-state index contributed by atoms with van der Waals surface area (Å²) in [6.07, 6.45) is 1.52. The van der Waals surface area contributed by atoms with Crippen LogP contribution in [0.5, 0.6) is 11.5 Å². The van der Waals surface area contributed by atoms with E-state index in [1.54, 1.807) is 23.1 Å². The molecule has 1 fully saturated rings. The number of nitriles is 1. The first-order valence-corrected chi connectivity index (χ1v) is 10.8. The Morgan fingerprint density at radius 1 is 1.15 bits per heavy atom. The van der Waals surface area contributed by atoms with Crippen molar-refractivity contribution in [2.45, 2.75) is 13.8 Å². The standard InChI is InChI=1S/C25H27N3O5/c1-3-32-23-15-19(14-20(16-26)25(30)28-10-12-31-13-11-28)8-9-22(23)33-17-24(29)27-21-7-5-4-6-18(21)2/h4-9,14-15H,3,10-13,17H2,1-2H3,(H,27,29)/b20-14-. The molecule has 1 saturated heterocycles. The molecule has 8 nitrogen and oxygen atoms in total. The largest absolute Gasteiger partial charge is 0.490 e. The van der Waals surface area contributed by atoms with Crippen LogP contribution >= 0.6 is 0 Å². The number of hydrogen-bond acceptors (Lipinski definition) is 6. The molecule has 3 rings (SSSR count). The van der Waals surface area contributed by atoms with E-state index in [9.17, 15) is 14.9 Å². The number of para-hydroxylation sites is 1. The summed E-state index contributed by atoms with van der Waals surface area (Å²) in [6.45, 7) is 5.78. The molecule has 0 bridgehead atoms. The summed E-state index contributed by atoms with van der Waals surface area (Å²) in [5, 5.41) is 12.3. The maximum Gasteiger partial charge on any atom is 0.264 e. The second kappa shape index (κ2) is 11.7. The van der Waals surface area contributed by atoms with Gasteiger partial charge < -0.3 is 24.4 Å². The van der Waals surface area contributed by atoms with Gasteiger partial charge in [0.1, 0.15) is 11.6 Å². The number of carbonyl (C=O) groups excluding carboxylic acids is 2. The first-order chi connectivity index (χ1) is 16.0. The lowest BCUT2D eigenvalue weighted by molar-refractivity contribution is -0.130. The van der Waals surface area contributed by atoms with Gasteiger partial charge in [0.2, 0.25) is 0 Å². The first kappa shape index (κ1) is 23.8. The molecular weight excluding hydrogens is 422 g/mol. The average molecular weight is 450 g/mol. The van der Waals surface area contributed by atoms with Gasteiger partial charge in [-0.15, -0.1) is 0 Å². The van der Waals surface area contributed by atoms with Crippen molar-refractivity contribution in [1.29, 1.82) is 5.26 Å². The number of rotatable bonds is 8. The van der Waals surface area contributed by atoms with Gasteiger partial charge in [-0.25, -0.2) is 0 Å². The fourth-order valence-corrected chi connectivity index (χ4v) is 3.29. The molecule has 172 valence electrons. The Balaban J connectivity index is 1.71. The zero-order valence-corrected chi connectivity index (χ0v) is 18.8. The van der Waals surface area contributed by atoms with Crippen LogP contribution in [0.3, 0.4) is 0 Å². The fraction of sp³-hybridized carbons (Fsp3) is 0.320. The van der Waals surface area contributed by atoms with Crippen molar-refractivity contribution >= 4 is 23.6 Å². The highest BCUT2D eigenvalue weighted by atomic mass is 16.5. The molecule has 1 N–H and O–H groups in total. The summed E-state index contributed by atoms with van der Waals surface area (Å²) in [7, 11) is 0. The molecule has 1 aliphatic heterocycles. The van der Waals surface area contributed by atoms with Crippen LogP contribution in [-0.4, -0.2) is 56.2 Å². The van der Waals surface area contributed by atoms with E-state index in [4.69, 9.17) is 14.2 Å². The van der Waals surface area contributed by atoms with Crippen molar-refractivity contribution in [3.8, 4) is 17.6 Å². The first-order valence-electron chi connectivity index (χ1n) is 10.8. The highest BCUT2D eigenvalue weighted by Crippen LogP contribution is 2.29. The maximum absolute atomic E-state index is 12.6. The van der Waals surface area contributed by atoms with Crippen LogP contribution in [0.4, 0.5) is 5.69 Å². The minimum Gasteiger partial charge on any atom is -0.490 e. The number of benzene rings is 2. The zero-order chi connectivity index (χ0) is 23.6. The molecule has 0 aromatic heterocycles. The van der Waals surface area contributed by atoms with Crippen LogP contribution in [0.25, 0.3) is 6.08 Å². The highest BCUT2D eigenvalue weighted by molar-refractivity contribution is 6.01. The summed E-state index contributed by atoms with van der Waals surface area (Å²) in [5.74, 6) is 0.198. The van der Waals surface area contributed by atoms with E-state index >= 15 is 0 Å². The molecule has 2 aromatic rings. The summed E-state index contributed by atoms with van der Waals surface area (Å²) >= 11 is 0. The Labute approximate surface area is 193 Å². The normalized spacial score (nSPS) is 13.7. The number of anilines is 1. The molecule has 0 atom stereocenters. The van der Waals surface area contributed by atoms with Crippen LogP contribution in [0.2, 0.25) is 0 Å². The summed E-state index contributed by atoms with van der Waals surface area (Å²) < 4.78 is 16.6. The van der Waals surface area contributed by atoms with Gasteiger partial charge >= 0.3 is 0 Å². The zero-order valence-electron chi connectivity index (χ0n) is 18.8. The Morgan fingerprint density at radius 2 is 1.91 bits per heavy atom. The Morgan fingerprint density at radius 3 is 2.61 bits per heavy atom. The minimum absolute atomic E-state index is 0.0330. The van der Waals surface area contributed by atoms with Crippen LogP contribution in [0, 0.1) is 18.3 Å². The number of nitrogens with zero attached hydrogens (tertiary/aromatic N) is 2.